The molecular weight excluding hydrogens is 713 g/mol. The highest BCUT2D eigenvalue weighted by Crippen LogP contribution is 2.44. The Bertz CT molecular complexity index is 3270. The fourth-order valence-electron chi connectivity index (χ4n) is 7.96. The number of rotatable bonds is 6. The van der Waals surface area contributed by atoms with Gasteiger partial charge in [-0.25, -0.2) is 19.9 Å². The van der Waals surface area contributed by atoms with Crippen LogP contribution in [0, 0.1) is 0 Å². The highest BCUT2D eigenvalue weighted by Gasteiger charge is 2.17. The summed E-state index contributed by atoms with van der Waals surface area (Å²) < 4.78 is 2.55. The van der Waals surface area contributed by atoms with Crippen molar-refractivity contribution in [1.29, 1.82) is 0 Å². The molecule has 5 heteroatoms. The van der Waals surface area contributed by atoms with E-state index in [2.05, 4.69) is 146 Å². The molecule has 0 fully saturated rings. The van der Waals surface area contributed by atoms with Crippen molar-refractivity contribution in [2.24, 2.45) is 0 Å². The Labute approximate surface area is 333 Å². The van der Waals surface area contributed by atoms with Crippen molar-refractivity contribution in [3.05, 3.63) is 194 Å². The molecule has 57 heavy (non-hydrogen) atoms. The van der Waals surface area contributed by atoms with Crippen LogP contribution in [0.25, 0.3) is 110 Å². The summed E-state index contributed by atoms with van der Waals surface area (Å²) >= 11 is 1.86. The molecule has 0 saturated heterocycles. The first-order chi connectivity index (χ1) is 28.2. The molecule has 11 rings (SSSR count). The second-order valence-electron chi connectivity index (χ2n) is 14.2. The molecule has 0 radical (unpaired) electrons. The van der Waals surface area contributed by atoms with Crippen LogP contribution >= 0.6 is 11.3 Å². The number of aromatic nitrogens is 4. The Morgan fingerprint density at radius 1 is 0.298 bits per heavy atom. The quantitative estimate of drug-likeness (QED) is 0.170. The molecule has 8 aromatic carbocycles. The molecule has 0 unspecified atom stereocenters. The van der Waals surface area contributed by atoms with Crippen LogP contribution in [0.2, 0.25) is 0 Å². The third-order valence-corrected chi connectivity index (χ3v) is 11.9. The summed E-state index contributed by atoms with van der Waals surface area (Å²) in [6.07, 6.45) is 0. The molecule has 0 N–H and O–H groups in total. The van der Waals surface area contributed by atoms with E-state index in [1.807, 2.05) is 59.9 Å². The van der Waals surface area contributed by atoms with Gasteiger partial charge in [-0.15, -0.1) is 11.3 Å². The normalized spacial score (nSPS) is 11.5. The van der Waals surface area contributed by atoms with Gasteiger partial charge in [0.2, 0.25) is 0 Å². The zero-order chi connectivity index (χ0) is 37.7. The lowest BCUT2D eigenvalue weighted by Crippen LogP contribution is -1.95. The van der Waals surface area contributed by atoms with Gasteiger partial charge < -0.3 is 0 Å². The fraction of sp³-hybridized carbons (Fsp3) is 0. The number of hydrogen-bond acceptors (Lipinski definition) is 5. The first-order valence-electron chi connectivity index (χ1n) is 19.1. The second kappa shape index (κ2) is 13.7. The number of benzene rings is 8. The Hall–Kier alpha value is -7.34. The summed E-state index contributed by atoms with van der Waals surface area (Å²) in [5, 5.41) is 4.63. The molecule has 0 amide bonds. The highest BCUT2D eigenvalue weighted by molar-refractivity contribution is 7.26. The number of para-hydroxylation sites is 2. The van der Waals surface area contributed by atoms with Crippen molar-refractivity contribution < 1.29 is 0 Å². The van der Waals surface area contributed by atoms with Crippen LogP contribution in [0.5, 0.6) is 0 Å². The molecule has 3 heterocycles. The summed E-state index contributed by atoms with van der Waals surface area (Å²) in [6, 6.07) is 68.0. The van der Waals surface area contributed by atoms with Crippen LogP contribution in [0.3, 0.4) is 0 Å². The van der Waals surface area contributed by atoms with E-state index >= 15 is 0 Å². The maximum atomic E-state index is 5.10. The minimum absolute atomic E-state index is 0.730. The van der Waals surface area contributed by atoms with Crippen LogP contribution < -0.4 is 0 Å². The Kier molecular flexibility index (Phi) is 7.97. The minimum atomic E-state index is 0.730. The van der Waals surface area contributed by atoms with Gasteiger partial charge >= 0.3 is 0 Å². The molecule has 0 bridgehead atoms. The molecule has 266 valence electrons. The van der Waals surface area contributed by atoms with Gasteiger partial charge in [0, 0.05) is 53.2 Å². The summed E-state index contributed by atoms with van der Waals surface area (Å²) in [5.74, 6) is 1.46. The van der Waals surface area contributed by atoms with E-state index in [0.29, 0.717) is 0 Å². The lowest BCUT2D eigenvalue weighted by atomic mass is 9.95. The van der Waals surface area contributed by atoms with Gasteiger partial charge in [0.1, 0.15) is 0 Å². The number of nitrogens with zero attached hydrogens (tertiary/aromatic N) is 4. The van der Waals surface area contributed by atoms with Crippen LogP contribution in [0.1, 0.15) is 0 Å². The predicted octanol–water partition coefficient (Wildman–Crippen LogP) is 13.9. The maximum Gasteiger partial charge on any atom is 0.160 e. The smallest absolute Gasteiger partial charge is 0.160 e. The van der Waals surface area contributed by atoms with Crippen LogP contribution in [-0.4, -0.2) is 19.9 Å². The van der Waals surface area contributed by atoms with Crippen LogP contribution in [-0.2, 0) is 0 Å². The van der Waals surface area contributed by atoms with Gasteiger partial charge in [-0.3, -0.25) is 0 Å². The third-order valence-electron chi connectivity index (χ3n) is 10.7. The minimum Gasteiger partial charge on any atom is -0.228 e. The second-order valence-corrected chi connectivity index (χ2v) is 15.2. The molecule has 0 aliphatic heterocycles. The van der Waals surface area contributed by atoms with Crippen molar-refractivity contribution in [2.45, 2.75) is 0 Å². The van der Waals surface area contributed by atoms with Crippen molar-refractivity contribution in [1.82, 2.24) is 19.9 Å². The zero-order valence-corrected chi connectivity index (χ0v) is 31.5. The monoisotopic (exact) mass is 744 g/mol. The average Bonchev–Trinajstić information content (AvgIpc) is 3.68. The van der Waals surface area contributed by atoms with Gasteiger partial charge in [0.05, 0.1) is 22.4 Å². The molecule has 0 spiro atoms. The topological polar surface area (TPSA) is 51.6 Å². The third kappa shape index (κ3) is 5.84. The SMILES string of the molecule is c1ccc(-c2nc(-c3ccc(-c4cccc5c4sc4cccc(-c6ccc(-c7nc(-c8ccccc8)nc8ccccc78)cc6)c45)cc3)c3ccccc3n2)cc1. The van der Waals surface area contributed by atoms with E-state index in [1.54, 1.807) is 0 Å². The molecule has 4 nitrogen and oxygen atoms in total. The van der Waals surface area contributed by atoms with Crippen molar-refractivity contribution in [3.8, 4) is 67.5 Å². The Morgan fingerprint density at radius 2 is 0.737 bits per heavy atom. The van der Waals surface area contributed by atoms with Crippen LogP contribution in [0.15, 0.2) is 194 Å². The van der Waals surface area contributed by atoms with E-state index in [-0.39, 0.29) is 0 Å². The molecule has 0 aliphatic carbocycles. The van der Waals surface area contributed by atoms with Crippen molar-refractivity contribution >= 4 is 53.3 Å². The van der Waals surface area contributed by atoms with E-state index in [9.17, 15) is 0 Å². The molecule has 0 atom stereocenters. The number of hydrogen-bond donors (Lipinski definition) is 0. The summed E-state index contributed by atoms with van der Waals surface area (Å²) in [6.45, 7) is 0. The van der Waals surface area contributed by atoms with E-state index in [1.165, 1.54) is 42.4 Å². The van der Waals surface area contributed by atoms with Gasteiger partial charge in [-0.2, -0.15) is 0 Å². The largest absolute Gasteiger partial charge is 0.228 e. The molecule has 0 aliphatic rings. The zero-order valence-electron chi connectivity index (χ0n) is 30.7. The summed E-state index contributed by atoms with van der Waals surface area (Å²) in [4.78, 5) is 20.0. The molecule has 11 aromatic rings. The average molecular weight is 745 g/mol. The van der Waals surface area contributed by atoms with Gasteiger partial charge in [0.25, 0.3) is 0 Å². The Morgan fingerprint density at radius 3 is 1.30 bits per heavy atom. The molecule has 3 aromatic heterocycles. The van der Waals surface area contributed by atoms with Gasteiger partial charge in [0.15, 0.2) is 11.6 Å². The van der Waals surface area contributed by atoms with Crippen molar-refractivity contribution in [3.63, 3.8) is 0 Å². The summed E-state index contributed by atoms with van der Waals surface area (Å²) in [7, 11) is 0. The number of fused-ring (bicyclic) bond motifs is 5. The van der Waals surface area contributed by atoms with Gasteiger partial charge in [-0.05, 0) is 40.5 Å². The first kappa shape index (κ1) is 33.0. The maximum absolute atomic E-state index is 5.10. The first-order valence-corrected chi connectivity index (χ1v) is 19.9. The van der Waals surface area contributed by atoms with E-state index in [4.69, 9.17) is 19.9 Å². The van der Waals surface area contributed by atoms with Crippen molar-refractivity contribution in [2.75, 3.05) is 0 Å². The summed E-state index contributed by atoms with van der Waals surface area (Å²) in [5.41, 5.74) is 12.7. The lowest BCUT2D eigenvalue weighted by Gasteiger charge is -2.11. The van der Waals surface area contributed by atoms with Crippen LogP contribution in [0.4, 0.5) is 0 Å². The Balaban J connectivity index is 0.971. The van der Waals surface area contributed by atoms with Gasteiger partial charge in [-0.1, -0.05) is 176 Å². The number of thiophene rings is 1. The molecule has 0 saturated carbocycles. The predicted molar refractivity (Wildman–Crippen MR) is 238 cm³/mol. The lowest BCUT2D eigenvalue weighted by molar-refractivity contribution is 1.23. The van der Waals surface area contributed by atoms with E-state index < -0.39 is 0 Å². The standard InChI is InChI=1S/C52H32N4S/c1-3-13-37(14-4-1)51-53-44-22-9-7-17-41(44)48(55-51)35-29-25-33(26-30-35)39-19-12-24-46-47(39)43-21-11-20-40(50(43)57-46)34-27-31-36(32-28-34)49-42-18-8-10-23-45(42)54-52(56-49)38-15-5-2-6-16-38/h1-32H. The van der Waals surface area contributed by atoms with E-state index in [0.717, 1.165) is 67.1 Å². The highest BCUT2D eigenvalue weighted by atomic mass is 32.1. The fourth-order valence-corrected chi connectivity index (χ4v) is 9.22. The molecular formula is C52H32N4S.